The molecule has 0 unspecified atom stereocenters. The molecule has 178 valence electrons. The number of nitrogens with zero attached hydrogens (tertiary/aromatic N) is 2. The number of ether oxygens (including phenoxy) is 1. The molecule has 0 saturated heterocycles. The monoisotopic (exact) mass is 485 g/mol. The lowest BCUT2D eigenvalue weighted by Crippen LogP contribution is -2.33. The standard InChI is InChI=1S/C28H27N3O3S/c1-34-22-13-11-20(12-14-22)17-31-26(33)23-9-5-6-10-24(23)30-27(31)35-18-25(32)29-19-28(15-16-28)21-7-3-2-4-8-21/h2-14H,15-19H2,1H3,(H,29,32). The van der Waals surface area contributed by atoms with Gasteiger partial charge in [-0.2, -0.15) is 0 Å². The Morgan fingerprint density at radius 2 is 1.74 bits per heavy atom. The third-order valence-electron chi connectivity index (χ3n) is 6.52. The molecule has 7 heteroatoms. The van der Waals surface area contributed by atoms with E-state index in [9.17, 15) is 9.59 Å². The minimum absolute atomic E-state index is 0.0548. The number of nitrogens with one attached hydrogen (secondary N) is 1. The predicted octanol–water partition coefficient (Wildman–Crippen LogP) is 4.39. The number of amides is 1. The zero-order valence-corrected chi connectivity index (χ0v) is 20.4. The molecular formula is C28H27N3O3S. The van der Waals surface area contributed by atoms with Crippen LogP contribution in [-0.4, -0.2) is 34.9 Å². The Balaban J connectivity index is 1.32. The van der Waals surface area contributed by atoms with Crippen molar-refractivity contribution >= 4 is 28.6 Å². The maximum absolute atomic E-state index is 13.3. The van der Waals surface area contributed by atoms with Gasteiger partial charge in [0.1, 0.15) is 5.75 Å². The summed E-state index contributed by atoms with van der Waals surface area (Å²) in [5.74, 6) is 0.890. The van der Waals surface area contributed by atoms with Crippen LogP contribution >= 0.6 is 11.8 Å². The van der Waals surface area contributed by atoms with Crippen molar-refractivity contribution in [2.75, 3.05) is 19.4 Å². The first-order valence-corrected chi connectivity index (χ1v) is 12.6. The SMILES string of the molecule is COc1ccc(Cn2c(SCC(=O)NCC3(c4ccccc4)CC3)nc3ccccc3c2=O)cc1. The molecule has 5 rings (SSSR count). The summed E-state index contributed by atoms with van der Waals surface area (Å²) in [6, 6.07) is 25.3. The van der Waals surface area contributed by atoms with Gasteiger partial charge in [0.25, 0.3) is 5.56 Å². The van der Waals surface area contributed by atoms with Crippen LogP contribution in [0.2, 0.25) is 0 Å². The van der Waals surface area contributed by atoms with Crippen LogP contribution in [0.15, 0.2) is 88.8 Å². The van der Waals surface area contributed by atoms with Crippen LogP contribution in [-0.2, 0) is 16.8 Å². The molecule has 1 aliphatic carbocycles. The summed E-state index contributed by atoms with van der Waals surface area (Å²) in [5, 5.41) is 4.19. The topological polar surface area (TPSA) is 73.2 Å². The molecule has 3 aromatic carbocycles. The number of benzene rings is 3. The molecule has 0 bridgehead atoms. The van der Waals surface area contributed by atoms with Crippen molar-refractivity contribution in [3.63, 3.8) is 0 Å². The highest BCUT2D eigenvalue weighted by Crippen LogP contribution is 2.47. The largest absolute Gasteiger partial charge is 0.497 e. The first kappa shape index (κ1) is 23.2. The lowest BCUT2D eigenvalue weighted by molar-refractivity contribution is -0.118. The summed E-state index contributed by atoms with van der Waals surface area (Å²) in [7, 11) is 1.62. The summed E-state index contributed by atoms with van der Waals surface area (Å²) in [4.78, 5) is 30.8. The fraction of sp³-hybridized carbons (Fsp3) is 0.250. The highest BCUT2D eigenvalue weighted by molar-refractivity contribution is 7.99. The Morgan fingerprint density at radius 3 is 2.46 bits per heavy atom. The summed E-state index contributed by atoms with van der Waals surface area (Å²) in [6.45, 7) is 0.988. The van der Waals surface area contributed by atoms with Gasteiger partial charge in [-0.15, -0.1) is 0 Å². The van der Waals surface area contributed by atoms with Crippen LogP contribution in [0.3, 0.4) is 0 Å². The molecule has 1 N–H and O–H groups in total. The van der Waals surface area contributed by atoms with Gasteiger partial charge in [0, 0.05) is 12.0 Å². The van der Waals surface area contributed by atoms with Crippen molar-refractivity contribution < 1.29 is 9.53 Å². The van der Waals surface area contributed by atoms with E-state index in [2.05, 4.69) is 17.4 Å². The van der Waals surface area contributed by atoms with E-state index < -0.39 is 0 Å². The normalized spacial score (nSPS) is 14.0. The first-order chi connectivity index (χ1) is 17.1. The van der Waals surface area contributed by atoms with Crippen LogP contribution in [0.1, 0.15) is 24.0 Å². The van der Waals surface area contributed by atoms with Crippen LogP contribution < -0.4 is 15.6 Å². The van der Waals surface area contributed by atoms with E-state index in [1.807, 2.05) is 60.7 Å². The zero-order valence-electron chi connectivity index (χ0n) is 19.6. The number of carbonyl (C=O) groups is 1. The Hall–Kier alpha value is -3.58. The van der Waals surface area contributed by atoms with E-state index >= 15 is 0 Å². The molecule has 0 spiro atoms. The number of fused-ring (bicyclic) bond motifs is 1. The Bertz CT molecular complexity index is 1400. The number of methoxy groups -OCH3 is 1. The molecule has 35 heavy (non-hydrogen) atoms. The molecule has 0 aliphatic heterocycles. The predicted molar refractivity (Wildman–Crippen MR) is 139 cm³/mol. The van der Waals surface area contributed by atoms with E-state index in [1.165, 1.54) is 17.3 Å². The second kappa shape index (κ2) is 9.96. The number of hydrogen-bond acceptors (Lipinski definition) is 5. The maximum atomic E-state index is 13.3. The zero-order chi connectivity index (χ0) is 24.3. The Labute approximate surface area is 208 Å². The number of para-hydroxylation sites is 1. The number of thioether (sulfide) groups is 1. The highest BCUT2D eigenvalue weighted by atomic mass is 32.2. The average molecular weight is 486 g/mol. The lowest BCUT2D eigenvalue weighted by atomic mass is 9.96. The number of rotatable bonds is 9. The smallest absolute Gasteiger partial charge is 0.262 e. The first-order valence-electron chi connectivity index (χ1n) is 11.7. The van der Waals surface area contributed by atoms with E-state index in [1.54, 1.807) is 17.7 Å². The summed E-state index contributed by atoms with van der Waals surface area (Å²) < 4.78 is 6.89. The van der Waals surface area contributed by atoms with Crippen molar-refractivity contribution in [3.05, 3.63) is 100 Å². The molecule has 1 fully saturated rings. The van der Waals surface area contributed by atoms with Crippen LogP contribution in [0.5, 0.6) is 5.75 Å². The molecule has 0 atom stereocenters. The van der Waals surface area contributed by atoms with Gasteiger partial charge in [0.2, 0.25) is 5.91 Å². The van der Waals surface area contributed by atoms with E-state index in [4.69, 9.17) is 9.72 Å². The quantitative estimate of drug-likeness (QED) is 0.281. The molecule has 1 aliphatic rings. The molecule has 0 radical (unpaired) electrons. The molecular weight excluding hydrogens is 458 g/mol. The summed E-state index contributed by atoms with van der Waals surface area (Å²) in [5.41, 5.74) is 2.80. The van der Waals surface area contributed by atoms with Crippen molar-refractivity contribution in [1.82, 2.24) is 14.9 Å². The number of aromatic nitrogens is 2. The van der Waals surface area contributed by atoms with E-state index in [0.29, 0.717) is 29.1 Å². The van der Waals surface area contributed by atoms with Crippen molar-refractivity contribution in [3.8, 4) is 5.75 Å². The molecule has 1 heterocycles. The van der Waals surface area contributed by atoms with Crippen molar-refractivity contribution in [2.24, 2.45) is 0 Å². The summed E-state index contributed by atoms with van der Waals surface area (Å²) >= 11 is 1.29. The van der Waals surface area contributed by atoms with Gasteiger partial charge in [-0.05, 0) is 48.2 Å². The number of hydrogen-bond donors (Lipinski definition) is 1. The van der Waals surface area contributed by atoms with Crippen LogP contribution in [0.4, 0.5) is 0 Å². The Morgan fingerprint density at radius 1 is 1.03 bits per heavy atom. The molecule has 6 nitrogen and oxygen atoms in total. The van der Waals surface area contributed by atoms with Gasteiger partial charge in [-0.3, -0.25) is 14.2 Å². The maximum Gasteiger partial charge on any atom is 0.262 e. The van der Waals surface area contributed by atoms with E-state index in [-0.39, 0.29) is 22.6 Å². The van der Waals surface area contributed by atoms with Gasteiger partial charge < -0.3 is 10.1 Å². The Kier molecular flexibility index (Phi) is 6.59. The minimum Gasteiger partial charge on any atom is -0.497 e. The lowest BCUT2D eigenvalue weighted by Gasteiger charge is -2.17. The van der Waals surface area contributed by atoms with Gasteiger partial charge >= 0.3 is 0 Å². The van der Waals surface area contributed by atoms with Crippen LogP contribution in [0, 0.1) is 0 Å². The fourth-order valence-corrected chi connectivity index (χ4v) is 5.10. The second-order valence-corrected chi connectivity index (χ2v) is 9.81. The van der Waals surface area contributed by atoms with Gasteiger partial charge in [0.05, 0.1) is 30.3 Å². The second-order valence-electron chi connectivity index (χ2n) is 8.86. The van der Waals surface area contributed by atoms with Crippen molar-refractivity contribution in [2.45, 2.75) is 30.0 Å². The van der Waals surface area contributed by atoms with Gasteiger partial charge in [0.15, 0.2) is 5.16 Å². The third-order valence-corrected chi connectivity index (χ3v) is 7.50. The van der Waals surface area contributed by atoms with Gasteiger partial charge in [-0.25, -0.2) is 4.98 Å². The highest BCUT2D eigenvalue weighted by Gasteiger charge is 2.44. The van der Waals surface area contributed by atoms with E-state index in [0.717, 1.165) is 24.2 Å². The van der Waals surface area contributed by atoms with Crippen LogP contribution in [0.25, 0.3) is 10.9 Å². The molecule has 1 saturated carbocycles. The average Bonchev–Trinajstić information content (AvgIpc) is 3.70. The summed E-state index contributed by atoms with van der Waals surface area (Å²) in [6.07, 6.45) is 2.16. The molecule has 4 aromatic rings. The number of carbonyl (C=O) groups excluding carboxylic acids is 1. The van der Waals surface area contributed by atoms with Gasteiger partial charge in [-0.1, -0.05) is 66.4 Å². The van der Waals surface area contributed by atoms with Crippen molar-refractivity contribution in [1.29, 1.82) is 0 Å². The fourth-order valence-electron chi connectivity index (χ4n) is 4.27. The minimum atomic E-state index is -0.115. The molecule has 1 aromatic heterocycles. The third kappa shape index (κ3) is 5.10. The molecule has 1 amide bonds.